The van der Waals surface area contributed by atoms with Crippen LogP contribution in [0.5, 0.6) is 0 Å². The summed E-state index contributed by atoms with van der Waals surface area (Å²) in [5.74, 6) is 0. The Hall–Kier alpha value is 0.800. The number of nitrogens with two attached hydrogens (primary N) is 1. The van der Waals surface area contributed by atoms with Crippen LogP contribution in [0.25, 0.3) is 0 Å². The highest BCUT2D eigenvalue weighted by Gasteiger charge is 2.17. The number of benzene rings is 1. The van der Waals surface area contributed by atoms with Crippen LogP contribution in [0.15, 0.2) is 40.8 Å². The first-order chi connectivity index (χ1) is 7.99. The molecule has 90 valence electrons. The fourth-order valence-electron chi connectivity index (χ4n) is 1.49. The average molecular weight is 505 g/mol. The monoisotopic (exact) mass is 501 g/mol. The summed E-state index contributed by atoms with van der Waals surface area (Å²) in [7, 11) is 0. The smallest absolute Gasteiger partial charge is 0.0761 e. The van der Waals surface area contributed by atoms with Crippen molar-refractivity contribution in [1.29, 1.82) is 0 Å². The molecule has 0 saturated heterocycles. The number of hydrogen-bond donors (Lipinski definition) is 1. The predicted molar refractivity (Wildman–Crippen MR) is 87.6 cm³/mol. The summed E-state index contributed by atoms with van der Waals surface area (Å²) in [6.07, 6.45) is 0. The maximum atomic E-state index is 6.29. The van der Waals surface area contributed by atoms with Gasteiger partial charge >= 0.3 is 0 Å². The molecular formula is C11H7Br4NS. The Kier molecular flexibility index (Phi) is 4.88. The fourth-order valence-corrected chi connectivity index (χ4v) is 5.71. The molecule has 0 aliphatic carbocycles. The fraction of sp³-hybridized carbons (Fsp3) is 0.0909. The van der Waals surface area contributed by atoms with E-state index in [9.17, 15) is 0 Å². The highest BCUT2D eigenvalue weighted by atomic mass is 79.9. The molecule has 0 bridgehead atoms. The molecular weight excluding hydrogens is 498 g/mol. The zero-order valence-corrected chi connectivity index (χ0v) is 15.5. The first-order valence-corrected chi connectivity index (χ1v) is 8.63. The zero-order valence-electron chi connectivity index (χ0n) is 8.38. The lowest BCUT2D eigenvalue weighted by atomic mass is 10.0. The van der Waals surface area contributed by atoms with Crippen molar-refractivity contribution in [2.75, 3.05) is 0 Å². The van der Waals surface area contributed by atoms with Crippen LogP contribution in [0.3, 0.4) is 0 Å². The summed E-state index contributed by atoms with van der Waals surface area (Å²) in [6.45, 7) is 0. The minimum atomic E-state index is -0.144. The van der Waals surface area contributed by atoms with Gasteiger partial charge < -0.3 is 5.73 Å². The minimum Gasteiger partial charge on any atom is -0.320 e. The quantitative estimate of drug-likeness (QED) is 0.546. The van der Waals surface area contributed by atoms with Gasteiger partial charge in [0.15, 0.2) is 0 Å². The molecule has 1 aromatic heterocycles. The Bertz CT molecular complexity index is 552. The third-order valence-electron chi connectivity index (χ3n) is 2.32. The van der Waals surface area contributed by atoms with Crippen molar-refractivity contribution in [3.05, 3.63) is 51.9 Å². The standard InChI is InChI=1S/C11H7Br4NS/c12-5-1-2-6(8(13)3-5)10(16)7-4-9(14)17-11(7)15/h1-4,10H,16H2. The van der Waals surface area contributed by atoms with Crippen molar-refractivity contribution in [3.8, 4) is 0 Å². The van der Waals surface area contributed by atoms with Gasteiger partial charge in [-0.25, -0.2) is 0 Å². The zero-order chi connectivity index (χ0) is 12.6. The molecule has 0 spiro atoms. The van der Waals surface area contributed by atoms with Crippen LogP contribution < -0.4 is 5.73 Å². The number of hydrogen-bond acceptors (Lipinski definition) is 2. The first kappa shape index (κ1) is 14.2. The average Bonchev–Trinajstić information content (AvgIpc) is 2.57. The van der Waals surface area contributed by atoms with Gasteiger partial charge in [0.1, 0.15) is 0 Å². The van der Waals surface area contributed by atoms with E-state index in [1.54, 1.807) is 11.3 Å². The van der Waals surface area contributed by atoms with Crippen LogP contribution in [0.4, 0.5) is 0 Å². The molecule has 1 heterocycles. The molecule has 1 aromatic carbocycles. The van der Waals surface area contributed by atoms with Gasteiger partial charge in [-0.1, -0.05) is 37.9 Å². The molecule has 0 saturated carbocycles. The maximum absolute atomic E-state index is 6.29. The van der Waals surface area contributed by atoms with E-state index in [-0.39, 0.29) is 6.04 Å². The Morgan fingerprint density at radius 1 is 1.00 bits per heavy atom. The van der Waals surface area contributed by atoms with Crippen LogP contribution in [0, 0.1) is 0 Å². The second kappa shape index (κ2) is 5.84. The molecule has 0 aliphatic rings. The molecule has 1 unspecified atom stereocenters. The molecule has 2 N–H and O–H groups in total. The first-order valence-electron chi connectivity index (χ1n) is 4.64. The third-order valence-corrected chi connectivity index (χ3v) is 5.88. The van der Waals surface area contributed by atoms with Crippen molar-refractivity contribution in [2.45, 2.75) is 6.04 Å². The summed E-state index contributed by atoms with van der Waals surface area (Å²) < 4.78 is 4.18. The lowest BCUT2D eigenvalue weighted by Crippen LogP contribution is -2.12. The normalized spacial score (nSPS) is 12.8. The van der Waals surface area contributed by atoms with E-state index in [1.807, 2.05) is 24.3 Å². The van der Waals surface area contributed by atoms with Crippen LogP contribution in [0.1, 0.15) is 17.2 Å². The Labute approximate surface area is 137 Å². The molecule has 1 atom stereocenters. The van der Waals surface area contributed by atoms with Gasteiger partial charge in [-0.3, -0.25) is 0 Å². The van der Waals surface area contributed by atoms with Crippen LogP contribution in [-0.4, -0.2) is 0 Å². The van der Waals surface area contributed by atoms with Gasteiger partial charge in [-0.15, -0.1) is 11.3 Å². The van der Waals surface area contributed by atoms with Gasteiger partial charge in [0.25, 0.3) is 0 Å². The molecule has 6 heteroatoms. The van der Waals surface area contributed by atoms with Crippen LogP contribution in [0.2, 0.25) is 0 Å². The topological polar surface area (TPSA) is 26.0 Å². The van der Waals surface area contributed by atoms with E-state index < -0.39 is 0 Å². The SMILES string of the molecule is NC(c1ccc(Br)cc1Br)c1cc(Br)sc1Br. The number of rotatable bonds is 2. The third kappa shape index (κ3) is 3.22. The van der Waals surface area contributed by atoms with E-state index in [0.717, 1.165) is 27.6 Å². The van der Waals surface area contributed by atoms with E-state index in [1.165, 1.54) is 0 Å². The number of halogens is 4. The molecule has 1 nitrogen and oxygen atoms in total. The van der Waals surface area contributed by atoms with E-state index in [0.29, 0.717) is 0 Å². The van der Waals surface area contributed by atoms with Gasteiger partial charge in [-0.2, -0.15) is 0 Å². The highest BCUT2D eigenvalue weighted by molar-refractivity contribution is 9.12. The molecule has 0 radical (unpaired) electrons. The minimum absolute atomic E-state index is 0.144. The second-order valence-corrected chi connectivity index (χ2v) is 8.94. The molecule has 0 amide bonds. The summed E-state index contributed by atoms with van der Waals surface area (Å²) in [5.41, 5.74) is 8.45. The molecule has 17 heavy (non-hydrogen) atoms. The maximum Gasteiger partial charge on any atom is 0.0761 e. The summed E-state index contributed by atoms with van der Waals surface area (Å²) >= 11 is 15.6. The Morgan fingerprint density at radius 2 is 1.71 bits per heavy atom. The second-order valence-electron chi connectivity index (χ2n) is 3.42. The predicted octanol–water partition coefficient (Wildman–Crippen LogP) is 5.85. The molecule has 0 aliphatic heterocycles. The Morgan fingerprint density at radius 3 is 2.24 bits per heavy atom. The van der Waals surface area contributed by atoms with Crippen LogP contribution in [-0.2, 0) is 0 Å². The van der Waals surface area contributed by atoms with Gasteiger partial charge in [-0.05, 0) is 61.2 Å². The largest absolute Gasteiger partial charge is 0.320 e. The number of thiophene rings is 1. The van der Waals surface area contributed by atoms with E-state index in [4.69, 9.17) is 5.73 Å². The Balaban J connectivity index is 2.43. The van der Waals surface area contributed by atoms with E-state index >= 15 is 0 Å². The highest BCUT2D eigenvalue weighted by Crippen LogP contribution is 2.38. The van der Waals surface area contributed by atoms with Crippen molar-refractivity contribution < 1.29 is 0 Å². The van der Waals surface area contributed by atoms with Gasteiger partial charge in [0.2, 0.25) is 0 Å². The molecule has 0 fully saturated rings. The van der Waals surface area contributed by atoms with Gasteiger partial charge in [0.05, 0.1) is 13.6 Å². The van der Waals surface area contributed by atoms with Crippen molar-refractivity contribution in [2.24, 2.45) is 5.73 Å². The summed E-state index contributed by atoms with van der Waals surface area (Å²) in [5, 5.41) is 0. The van der Waals surface area contributed by atoms with Crippen LogP contribution >= 0.6 is 75.1 Å². The summed E-state index contributed by atoms with van der Waals surface area (Å²) in [4.78, 5) is 0. The van der Waals surface area contributed by atoms with Crippen molar-refractivity contribution in [3.63, 3.8) is 0 Å². The summed E-state index contributed by atoms with van der Waals surface area (Å²) in [6, 6.07) is 7.93. The van der Waals surface area contributed by atoms with Crippen molar-refractivity contribution in [1.82, 2.24) is 0 Å². The van der Waals surface area contributed by atoms with E-state index in [2.05, 4.69) is 63.7 Å². The van der Waals surface area contributed by atoms with Crippen molar-refractivity contribution >= 4 is 75.1 Å². The lowest BCUT2D eigenvalue weighted by molar-refractivity contribution is 0.866. The van der Waals surface area contributed by atoms with Gasteiger partial charge in [0, 0.05) is 8.95 Å². The molecule has 2 aromatic rings. The molecule has 2 rings (SSSR count). The lowest BCUT2D eigenvalue weighted by Gasteiger charge is -2.13.